The monoisotopic (exact) mass is 313 g/mol. The van der Waals surface area contributed by atoms with Gasteiger partial charge in [-0.1, -0.05) is 42.0 Å². The molecule has 0 saturated heterocycles. The maximum atomic E-state index is 12.1. The fraction of sp³-hybridized carbons (Fsp3) is 0.316. The molecule has 0 radical (unpaired) electrons. The van der Waals surface area contributed by atoms with Crippen LogP contribution in [0.5, 0.6) is 5.75 Å². The first kappa shape index (κ1) is 17.0. The summed E-state index contributed by atoms with van der Waals surface area (Å²) < 4.78 is 5.22. The molecule has 1 atom stereocenters. The van der Waals surface area contributed by atoms with Crippen LogP contribution in [0.3, 0.4) is 0 Å². The van der Waals surface area contributed by atoms with E-state index in [9.17, 15) is 4.79 Å². The standard InChI is InChI=1S/C19H24N2O2/c1-15-7-9-16(10-8-15)12-20-19(22)14-21(2)13-17-5-4-6-18(11-17)23-3/h4-11H,12-14H2,1-3H3,(H,20,22)/p+1. The van der Waals surface area contributed by atoms with Gasteiger partial charge in [0.25, 0.3) is 5.91 Å². The van der Waals surface area contributed by atoms with Gasteiger partial charge in [-0.3, -0.25) is 4.79 Å². The normalized spacial score (nSPS) is 11.8. The van der Waals surface area contributed by atoms with E-state index in [-0.39, 0.29) is 5.91 Å². The van der Waals surface area contributed by atoms with E-state index in [0.717, 1.165) is 28.3 Å². The van der Waals surface area contributed by atoms with Gasteiger partial charge < -0.3 is 15.0 Å². The van der Waals surface area contributed by atoms with Crippen molar-refractivity contribution in [3.63, 3.8) is 0 Å². The number of hydrogen-bond donors (Lipinski definition) is 2. The van der Waals surface area contributed by atoms with Gasteiger partial charge in [0.05, 0.1) is 14.2 Å². The van der Waals surface area contributed by atoms with Gasteiger partial charge in [-0.25, -0.2) is 0 Å². The second-order valence-corrected chi connectivity index (χ2v) is 5.92. The van der Waals surface area contributed by atoms with Crippen molar-refractivity contribution in [2.75, 3.05) is 20.7 Å². The predicted molar refractivity (Wildman–Crippen MR) is 91.5 cm³/mol. The Bertz CT molecular complexity index is 638. The van der Waals surface area contributed by atoms with Crippen molar-refractivity contribution in [1.29, 1.82) is 0 Å². The molecule has 0 fully saturated rings. The van der Waals surface area contributed by atoms with Gasteiger partial charge in [-0.15, -0.1) is 0 Å². The summed E-state index contributed by atoms with van der Waals surface area (Å²) in [5, 5.41) is 2.97. The summed E-state index contributed by atoms with van der Waals surface area (Å²) in [4.78, 5) is 13.2. The number of rotatable bonds is 7. The van der Waals surface area contributed by atoms with Crippen molar-refractivity contribution < 1.29 is 14.4 Å². The molecule has 2 aromatic rings. The number of carbonyl (C=O) groups is 1. The van der Waals surface area contributed by atoms with Crippen molar-refractivity contribution >= 4 is 5.91 Å². The summed E-state index contributed by atoms with van der Waals surface area (Å²) in [6.45, 7) is 3.86. The number of quaternary nitrogens is 1. The van der Waals surface area contributed by atoms with Gasteiger partial charge >= 0.3 is 0 Å². The summed E-state index contributed by atoms with van der Waals surface area (Å²) in [6, 6.07) is 16.2. The molecule has 2 aromatic carbocycles. The Morgan fingerprint density at radius 2 is 1.87 bits per heavy atom. The molecule has 4 heteroatoms. The number of methoxy groups -OCH3 is 1. The van der Waals surface area contributed by atoms with Crippen LogP contribution in [-0.2, 0) is 17.9 Å². The molecule has 0 aliphatic carbocycles. The molecular formula is C19H25N2O2+. The lowest BCUT2D eigenvalue weighted by molar-refractivity contribution is -0.885. The van der Waals surface area contributed by atoms with Gasteiger partial charge in [0.1, 0.15) is 12.3 Å². The quantitative estimate of drug-likeness (QED) is 0.810. The number of likely N-dealkylation sites (N-methyl/N-ethyl adjacent to an activating group) is 1. The molecule has 4 nitrogen and oxygen atoms in total. The fourth-order valence-corrected chi connectivity index (χ4v) is 2.44. The van der Waals surface area contributed by atoms with Crippen molar-refractivity contribution in [2.24, 2.45) is 0 Å². The molecule has 0 aliphatic rings. The minimum absolute atomic E-state index is 0.0611. The van der Waals surface area contributed by atoms with Crippen LogP contribution in [-0.4, -0.2) is 26.6 Å². The van der Waals surface area contributed by atoms with Crippen LogP contribution in [0.2, 0.25) is 0 Å². The first-order valence-corrected chi connectivity index (χ1v) is 7.83. The van der Waals surface area contributed by atoms with E-state index in [2.05, 4.69) is 30.4 Å². The third-order valence-electron chi connectivity index (χ3n) is 3.71. The number of aryl methyl sites for hydroxylation is 1. The van der Waals surface area contributed by atoms with Gasteiger partial charge in [-0.05, 0) is 24.6 Å². The third kappa shape index (κ3) is 5.75. The number of amides is 1. The maximum Gasteiger partial charge on any atom is 0.275 e. The zero-order valence-corrected chi connectivity index (χ0v) is 14.1. The SMILES string of the molecule is COc1cccc(C[NH+](C)CC(=O)NCc2ccc(C)cc2)c1. The number of hydrogen-bond acceptors (Lipinski definition) is 2. The topological polar surface area (TPSA) is 42.8 Å². The molecule has 2 rings (SSSR count). The molecule has 0 heterocycles. The Morgan fingerprint density at radius 3 is 2.57 bits per heavy atom. The molecular weight excluding hydrogens is 288 g/mol. The summed E-state index contributed by atoms with van der Waals surface area (Å²) in [6.07, 6.45) is 0. The number of ether oxygens (including phenoxy) is 1. The number of nitrogens with one attached hydrogen (secondary N) is 2. The van der Waals surface area contributed by atoms with Crippen LogP contribution >= 0.6 is 0 Å². The highest BCUT2D eigenvalue weighted by atomic mass is 16.5. The molecule has 0 bridgehead atoms. The Morgan fingerprint density at radius 1 is 1.13 bits per heavy atom. The second-order valence-electron chi connectivity index (χ2n) is 5.92. The third-order valence-corrected chi connectivity index (χ3v) is 3.71. The van der Waals surface area contributed by atoms with Crippen LogP contribution < -0.4 is 15.0 Å². The minimum atomic E-state index is 0.0611. The highest BCUT2D eigenvalue weighted by molar-refractivity contribution is 5.76. The van der Waals surface area contributed by atoms with Gasteiger partial charge in [0, 0.05) is 12.1 Å². The average molecular weight is 313 g/mol. The second kappa shape index (κ2) is 8.34. The molecule has 2 N–H and O–H groups in total. The minimum Gasteiger partial charge on any atom is -0.497 e. The van der Waals surface area contributed by atoms with Gasteiger partial charge in [0.2, 0.25) is 0 Å². The van der Waals surface area contributed by atoms with Crippen LogP contribution in [0.1, 0.15) is 16.7 Å². The first-order valence-electron chi connectivity index (χ1n) is 7.83. The number of benzene rings is 2. The Hall–Kier alpha value is -2.33. The highest BCUT2D eigenvalue weighted by Crippen LogP contribution is 2.11. The molecule has 122 valence electrons. The van der Waals surface area contributed by atoms with Crippen molar-refractivity contribution in [3.8, 4) is 5.75 Å². The predicted octanol–water partition coefficient (Wildman–Crippen LogP) is 1.33. The van der Waals surface area contributed by atoms with Gasteiger partial charge in [0.15, 0.2) is 6.54 Å². The lowest BCUT2D eigenvalue weighted by Gasteiger charge is -2.14. The lowest BCUT2D eigenvalue weighted by Crippen LogP contribution is -3.08. The maximum absolute atomic E-state index is 12.1. The van der Waals surface area contributed by atoms with E-state index in [4.69, 9.17) is 4.74 Å². The van der Waals surface area contributed by atoms with Crippen molar-refractivity contribution in [2.45, 2.75) is 20.0 Å². The first-order chi connectivity index (χ1) is 11.1. The summed E-state index contributed by atoms with van der Waals surface area (Å²) in [7, 11) is 3.68. The van der Waals surface area contributed by atoms with E-state index >= 15 is 0 Å². The highest BCUT2D eigenvalue weighted by Gasteiger charge is 2.10. The van der Waals surface area contributed by atoms with Crippen LogP contribution in [0.15, 0.2) is 48.5 Å². The van der Waals surface area contributed by atoms with E-state index in [1.165, 1.54) is 5.56 Å². The van der Waals surface area contributed by atoms with E-state index in [1.807, 2.05) is 37.4 Å². The average Bonchev–Trinajstić information content (AvgIpc) is 2.54. The Balaban J connectivity index is 1.78. The summed E-state index contributed by atoms with van der Waals surface area (Å²) in [5.74, 6) is 0.907. The molecule has 0 saturated carbocycles. The molecule has 0 spiro atoms. The summed E-state index contributed by atoms with van der Waals surface area (Å²) in [5.41, 5.74) is 3.50. The van der Waals surface area contributed by atoms with Crippen LogP contribution in [0.25, 0.3) is 0 Å². The molecule has 1 unspecified atom stereocenters. The van der Waals surface area contributed by atoms with Crippen LogP contribution in [0, 0.1) is 6.92 Å². The van der Waals surface area contributed by atoms with Crippen molar-refractivity contribution in [3.05, 3.63) is 65.2 Å². The Kier molecular flexibility index (Phi) is 6.18. The summed E-state index contributed by atoms with van der Waals surface area (Å²) >= 11 is 0. The lowest BCUT2D eigenvalue weighted by atomic mass is 10.1. The molecule has 1 amide bonds. The molecule has 23 heavy (non-hydrogen) atoms. The largest absolute Gasteiger partial charge is 0.497 e. The van der Waals surface area contributed by atoms with E-state index in [0.29, 0.717) is 13.1 Å². The van der Waals surface area contributed by atoms with Gasteiger partial charge in [-0.2, -0.15) is 0 Å². The molecule has 0 aromatic heterocycles. The zero-order chi connectivity index (χ0) is 16.7. The van der Waals surface area contributed by atoms with E-state index < -0.39 is 0 Å². The number of carbonyl (C=O) groups excluding carboxylic acids is 1. The fourth-order valence-electron chi connectivity index (χ4n) is 2.44. The zero-order valence-electron chi connectivity index (χ0n) is 14.1. The smallest absolute Gasteiger partial charge is 0.275 e. The van der Waals surface area contributed by atoms with Crippen molar-refractivity contribution in [1.82, 2.24) is 5.32 Å². The Labute approximate surface area is 138 Å². The van der Waals surface area contributed by atoms with Crippen LogP contribution in [0.4, 0.5) is 0 Å². The molecule has 0 aliphatic heterocycles. The van der Waals surface area contributed by atoms with E-state index in [1.54, 1.807) is 7.11 Å².